The fourth-order valence-electron chi connectivity index (χ4n) is 0.859. The largest absolute Gasteiger partial charge is 0.479 e. The summed E-state index contributed by atoms with van der Waals surface area (Å²) in [7, 11) is 0. The molecule has 0 spiro atoms. The molecule has 0 saturated heterocycles. The van der Waals surface area contributed by atoms with E-state index in [1.807, 2.05) is 0 Å². The van der Waals surface area contributed by atoms with E-state index < -0.39 is 16.9 Å². The van der Waals surface area contributed by atoms with Crippen LogP contribution < -0.4 is 16.8 Å². The first-order valence-corrected chi connectivity index (χ1v) is 5.25. The minimum Gasteiger partial charge on any atom is -0.479 e. The molecule has 0 unspecified atom stereocenters. The molecule has 0 aliphatic rings. The topological polar surface area (TPSA) is 118 Å². The van der Waals surface area contributed by atoms with Gasteiger partial charge in [0.15, 0.2) is 4.87 Å². The first-order valence-electron chi connectivity index (χ1n) is 4.03. The van der Waals surface area contributed by atoms with Crippen molar-refractivity contribution in [1.29, 1.82) is 0 Å². The zero-order valence-corrected chi connectivity index (χ0v) is 8.76. The van der Waals surface area contributed by atoms with Gasteiger partial charge in [0.05, 0.1) is 0 Å². The monoisotopic (exact) mass is 221 g/mol. The van der Waals surface area contributed by atoms with E-state index in [1.54, 1.807) is 6.26 Å². The standard InChI is InChI=1S/C7H15N3O3S/c1-14-7(9,5(11)12)3-2-4-10-6(8)13/h2-4,9H2,1H3,(H,11,12)(H3,8,10,13)/t7-/m0/s1. The molecule has 82 valence electrons. The Balaban J connectivity index is 3.85. The molecule has 6 nitrogen and oxygen atoms in total. The van der Waals surface area contributed by atoms with Crippen LogP contribution in [0.1, 0.15) is 12.8 Å². The maximum absolute atomic E-state index is 10.7. The van der Waals surface area contributed by atoms with Crippen molar-refractivity contribution in [2.45, 2.75) is 17.7 Å². The summed E-state index contributed by atoms with van der Waals surface area (Å²) in [5.41, 5.74) is 10.4. The highest BCUT2D eigenvalue weighted by Gasteiger charge is 2.32. The molecule has 0 fully saturated rings. The summed E-state index contributed by atoms with van der Waals surface area (Å²) in [6, 6.07) is -0.618. The van der Waals surface area contributed by atoms with Crippen molar-refractivity contribution in [2.75, 3.05) is 12.8 Å². The maximum Gasteiger partial charge on any atom is 0.334 e. The number of nitrogens with one attached hydrogen (secondary N) is 1. The fraction of sp³-hybridized carbons (Fsp3) is 0.714. The summed E-state index contributed by atoms with van der Waals surface area (Å²) < 4.78 is 0. The third kappa shape index (κ3) is 4.33. The average Bonchev–Trinajstić information content (AvgIpc) is 2.11. The van der Waals surface area contributed by atoms with Gasteiger partial charge >= 0.3 is 12.0 Å². The van der Waals surface area contributed by atoms with E-state index >= 15 is 0 Å². The molecule has 7 heteroatoms. The number of primary amides is 1. The van der Waals surface area contributed by atoms with Gasteiger partial charge in [-0.25, -0.2) is 9.59 Å². The van der Waals surface area contributed by atoms with Crippen LogP contribution in [0.3, 0.4) is 0 Å². The third-order valence-electron chi connectivity index (χ3n) is 1.75. The highest BCUT2D eigenvalue weighted by Crippen LogP contribution is 2.21. The van der Waals surface area contributed by atoms with Crippen molar-refractivity contribution in [1.82, 2.24) is 5.32 Å². The molecule has 0 aliphatic carbocycles. The molecule has 6 N–H and O–H groups in total. The molecule has 0 rings (SSSR count). The quantitative estimate of drug-likeness (QED) is 0.357. The van der Waals surface area contributed by atoms with Crippen molar-refractivity contribution in [3.05, 3.63) is 0 Å². The Morgan fingerprint density at radius 2 is 2.14 bits per heavy atom. The van der Waals surface area contributed by atoms with E-state index in [9.17, 15) is 9.59 Å². The summed E-state index contributed by atoms with van der Waals surface area (Å²) >= 11 is 1.07. The van der Waals surface area contributed by atoms with Crippen LogP contribution in [0.5, 0.6) is 0 Å². The minimum atomic E-state index is -1.28. The zero-order chi connectivity index (χ0) is 11.2. The van der Waals surface area contributed by atoms with E-state index in [1.165, 1.54) is 0 Å². The van der Waals surface area contributed by atoms with E-state index in [0.29, 0.717) is 13.0 Å². The lowest BCUT2D eigenvalue weighted by atomic mass is 10.1. The first kappa shape index (κ1) is 13.1. The maximum atomic E-state index is 10.7. The number of aliphatic carboxylic acids is 1. The van der Waals surface area contributed by atoms with Crippen LogP contribution in [0.15, 0.2) is 0 Å². The Hall–Kier alpha value is -0.950. The number of hydrogen-bond donors (Lipinski definition) is 4. The van der Waals surface area contributed by atoms with Gasteiger partial charge in [0.25, 0.3) is 0 Å². The second kappa shape index (κ2) is 5.71. The van der Waals surface area contributed by atoms with Gasteiger partial charge in [0.2, 0.25) is 0 Å². The Kier molecular flexibility index (Phi) is 5.32. The predicted octanol–water partition coefficient (Wildman–Crippen LogP) is -0.462. The highest BCUT2D eigenvalue weighted by molar-refractivity contribution is 8.00. The van der Waals surface area contributed by atoms with Gasteiger partial charge < -0.3 is 21.9 Å². The number of carbonyl (C=O) groups is 2. The summed E-state index contributed by atoms with van der Waals surface area (Å²) in [4.78, 5) is 19.7. The molecule has 0 radical (unpaired) electrons. The van der Waals surface area contributed by atoms with Gasteiger partial charge in [-0.1, -0.05) is 0 Å². The Labute approximate surface area is 86.4 Å². The molecular formula is C7H15N3O3S. The lowest BCUT2D eigenvalue weighted by Crippen LogP contribution is -2.45. The van der Waals surface area contributed by atoms with Crippen molar-refractivity contribution in [2.24, 2.45) is 11.5 Å². The van der Waals surface area contributed by atoms with Crippen LogP contribution in [-0.4, -0.2) is 34.8 Å². The SMILES string of the molecule is CS[C@@](N)(CCCNC(N)=O)C(=O)O. The van der Waals surface area contributed by atoms with Crippen molar-refractivity contribution in [3.8, 4) is 0 Å². The van der Waals surface area contributed by atoms with E-state index in [4.69, 9.17) is 16.6 Å². The molecule has 0 aromatic carbocycles. The summed E-state index contributed by atoms with van der Waals surface area (Å²) in [5.74, 6) is -1.05. The van der Waals surface area contributed by atoms with E-state index in [-0.39, 0.29) is 6.42 Å². The molecule has 0 saturated carbocycles. The number of urea groups is 1. The summed E-state index contributed by atoms with van der Waals surface area (Å²) in [6.45, 7) is 0.335. The molecule has 1 atom stereocenters. The predicted molar refractivity (Wildman–Crippen MR) is 54.9 cm³/mol. The Morgan fingerprint density at radius 1 is 1.57 bits per heavy atom. The number of rotatable bonds is 6. The van der Waals surface area contributed by atoms with E-state index in [0.717, 1.165) is 11.8 Å². The second-order valence-corrected chi connectivity index (χ2v) is 3.93. The summed E-state index contributed by atoms with van der Waals surface area (Å²) in [5, 5.41) is 11.1. The smallest absolute Gasteiger partial charge is 0.334 e. The van der Waals surface area contributed by atoms with Crippen LogP contribution in [0, 0.1) is 0 Å². The fourth-order valence-corrected chi connectivity index (χ4v) is 1.38. The van der Waals surface area contributed by atoms with Gasteiger partial charge in [-0.05, 0) is 19.1 Å². The molecule has 2 amide bonds. The van der Waals surface area contributed by atoms with Crippen LogP contribution in [0.25, 0.3) is 0 Å². The number of nitrogens with two attached hydrogens (primary N) is 2. The van der Waals surface area contributed by atoms with Crippen LogP contribution >= 0.6 is 11.8 Å². The van der Waals surface area contributed by atoms with Crippen molar-refractivity contribution >= 4 is 23.8 Å². The molecule has 0 heterocycles. The van der Waals surface area contributed by atoms with Gasteiger partial charge in [-0.15, -0.1) is 11.8 Å². The Bertz CT molecular complexity index is 224. The van der Waals surface area contributed by atoms with Crippen LogP contribution in [0.4, 0.5) is 4.79 Å². The normalized spacial score (nSPS) is 14.4. The number of thioether (sulfide) groups is 1. The van der Waals surface area contributed by atoms with Crippen molar-refractivity contribution in [3.63, 3.8) is 0 Å². The second-order valence-electron chi connectivity index (χ2n) is 2.79. The molecule has 0 aliphatic heterocycles. The van der Waals surface area contributed by atoms with Gasteiger partial charge in [-0.3, -0.25) is 0 Å². The minimum absolute atomic E-state index is 0.282. The van der Waals surface area contributed by atoms with Gasteiger partial charge in [0, 0.05) is 6.54 Å². The average molecular weight is 221 g/mol. The molecular weight excluding hydrogens is 206 g/mol. The molecule has 0 bridgehead atoms. The number of carbonyl (C=O) groups excluding carboxylic acids is 1. The lowest BCUT2D eigenvalue weighted by molar-refractivity contribution is -0.139. The van der Waals surface area contributed by atoms with Crippen molar-refractivity contribution < 1.29 is 14.7 Å². The molecule has 14 heavy (non-hydrogen) atoms. The molecule has 0 aromatic rings. The highest BCUT2D eigenvalue weighted by atomic mass is 32.2. The van der Waals surface area contributed by atoms with E-state index in [2.05, 4.69) is 5.32 Å². The summed E-state index contributed by atoms with van der Waals surface area (Å²) in [6.07, 6.45) is 2.39. The lowest BCUT2D eigenvalue weighted by Gasteiger charge is -2.21. The van der Waals surface area contributed by atoms with Gasteiger partial charge in [0.1, 0.15) is 0 Å². The third-order valence-corrected chi connectivity index (χ3v) is 2.86. The number of carboxylic acids is 1. The Morgan fingerprint density at radius 3 is 2.50 bits per heavy atom. The van der Waals surface area contributed by atoms with Crippen LogP contribution in [0.2, 0.25) is 0 Å². The molecule has 0 aromatic heterocycles. The number of carboxylic acid groups (broad SMARTS) is 1. The number of amides is 2. The first-order chi connectivity index (χ1) is 6.42. The zero-order valence-electron chi connectivity index (χ0n) is 7.95. The number of hydrogen-bond acceptors (Lipinski definition) is 4. The van der Waals surface area contributed by atoms with Gasteiger partial charge in [-0.2, -0.15) is 0 Å². The van der Waals surface area contributed by atoms with Crippen LogP contribution in [-0.2, 0) is 4.79 Å².